The molecule has 1 fully saturated rings. The summed E-state index contributed by atoms with van der Waals surface area (Å²) < 4.78 is 14.8. The first kappa shape index (κ1) is 21.4. The van der Waals surface area contributed by atoms with Crippen LogP contribution in [0.5, 0.6) is 0 Å². The van der Waals surface area contributed by atoms with Crippen LogP contribution in [0.4, 0.5) is 4.39 Å². The van der Waals surface area contributed by atoms with Crippen LogP contribution in [0.1, 0.15) is 21.6 Å². The van der Waals surface area contributed by atoms with Crippen molar-refractivity contribution < 1.29 is 9.18 Å². The summed E-state index contributed by atoms with van der Waals surface area (Å²) in [5.74, 6) is -0.582. The predicted molar refractivity (Wildman–Crippen MR) is 125 cm³/mol. The normalized spacial score (nSPS) is 14.7. The van der Waals surface area contributed by atoms with Crippen LogP contribution in [-0.2, 0) is 6.54 Å². The van der Waals surface area contributed by atoms with Crippen molar-refractivity contribution in [3.8, 4) is 10.6 Å². The number of carbonyl (C=O) groups is 1. The maximum atomic E-state index is 13.4. The summed E-state index contributed by atoms with van der Waals surface area (Å²) in [5.41, 5.74) is 2.96. The first-order chi connectivity index (χ1) is 16.0. The number of hydrogen-bond donors (Lipinski definition) is 0. The van der Waals surface area contributed by atoms with Crippen molar-refractivity contribution in [1.82, 2.24) is 24.4 Å². The molecule has 1 amide bonds. The van der Waals surface area contributed by atoms with Crippen LogP contribution < -0.4 is 5.56 Å². The van der Waals surface area contributed by atoms with Crippen molar-refractivity contribution in [1.29, 1.82) is 0 Å². The van der Waals surface area contributed by atoms with E-state index in [2.05, 4.69) is 15.0 Å². The van der Waals surface area contributed by atoms with Crippen molar-refractivity contribution in [2.24, 2.45) is 0 Å². The fourth-order valence-corrected chi connectivity index (χ4v) is 4.82. The Bertz CT molecular complexity index is 1370. The number of hydrogen-bond acceptors (Lipinski definition) is 6. The quantitative estimate of drug-likeness (QED) is 0.465. The molecule has 168 valence electrons. The fraction of sp³-hybridized carbons (Fsp3) is 0.250. The predicted octanol–water partition coefficient (Wildman–Crippen LogP) is 3.22. The summed E-state index contributed by atoms with van der Waals surface area (Å²) in [6.45, 7) is 4.92. The van der Waals surface area contributed by atoms with Gasteiger partial charge in [0.1, 0.15) is 10.8 Å². The van der Waals surface area contributed by atoms with E-state index in [0.29, 0.717) is 48.9 Å². The summed E-state index contributed by atoms with van der Waals surface area (Å²) in [4.78, 5) is 34.4. The first-order valence-corrected chi connectivity index (χ1v) is 11.5. The van der Waals surface area contributed by atoms with Gasteiger partial charge in [0, 0.05) is 49.9 Å². The molecule has 0 bridgehead atoms. The number of aromatic nitrogens is 3. The molecule has 0 N–H and O–H groups in total. The van der Waals surface area contributed by atoms with Crippen LogP contribution in [0.3, 0.4) is 0 Å². The monoisotopic (exact) mass is 463 g/mol. The summed E-state index contributed by atoms with van der Waals surface area (Å²) in [6, 6.07) is 15.3. The molecule has 0 aliphatic carbocycles. The van der Waals surface area contributed by atoms with Gasteiger partial charge >= 0.3 is 0 Å². The van der Waals surface area contributed by atoms with Gasteiger partial charge in [-0.15, -0.1) is 0 Å². The lowest BCUT2D eigenvalue weighted by atomic mass is 10.1. The van der Waals surface area contributed by atoms with Crippen molar-refractivity contribution in [3.05, 3.63) is 87.6 Å². The second-order valence-corrected chi connectivity index (χ2v) is 9.09. The molecule has 33 heavy (non-hydrogen) atoms. The van der Waals surface area contributed by atoms with E-state index in [1.807, 2.05) is 31.2 Å². The zero-order chi connectivity index (χ0) is 22.9. The fourth-order valence-electron chi connectivity index (χ4n) is 3.89. The van der Waals surface area contributed by atoms with E-state index in [1.165, 1.54) is 34.1 Å². The van der Waals surface area contributed by atoms with E-state index in [9.17, 15) is 14.0 Å². The Morgan fingerprint density at radius 2 is 1.82 bits per heavy atom. The van der Waals surface area contributed by atoms with E-state index in [1.54, 1.807) is 17.0 Å². The molecular formula is C24H22FN5O2S. The Kier molecular flexibility index (Phi) is 5.74. The maximum Gasteiger partial charge on any atom is 0.275 e. The first-order valence-electron chi connectivity index (χ1n) is 10.7. The minimum atomic E-state index is -0.416. The SMILES string of the molecule is Cc1ccc(-c2nn3c(=O)cc(CN4CCN(C(=O)c5cccc(F)c5)CC4)nc3s2)cc1. The van der Waals surface area contributed by atoms with Gasteiger partial charge in [0.15, 0.2) is 0 Å². The van der Waals surface area contributed by atoms with E-state index >= 15 is 0 Å². The van der Waals surface area contributed by atoms with Gasteiger partial charge in [-0.2, -0.15) is 9.61 Å². The van der Waals surface area contributed by atoms with Gasteiger partial charge in [0.25, 0.3) is 11.5 Å². The van der Waals surface area contributed by atoms with E-state index in [0.717, 1.165) is 16.1 Å². The average Bonchev–Trinajstić information content (AvgIpc) is 3.24. The number of piperazine rings is 1. The number of carbonyl (C=O) groups excluding carboxylic acids is 1. The molecule has 5 rings (SSSR count). The lowest BCUT2D eigenvalue weighted by molar-refractivity contribution is 0.0626. The van der Waals surface area contributed by atoms with Gasteiger partial charge in [-0.1, -0.05) is 47.2 Å². The molecule has 0 spiro atoms. The maximum absolute atomic E-state index is 13.4. The highest BCUT2D eigenvalue weighted by molar-refractivity contribution is 7.19. The third-order valence-corrected chi connectivity index (χ3v) is 6.67. The molecule has 9 heteroatoms. The third-order valence-electron chi connectivity index (χ3n) is 5.71. The lowest BCUT2D eigenvalue weighted by Crippen LogP contribution is -2.48. The molecule has 1 aliphatic heterocycles. The van der Waals surface area contributed by atoms with Crippen molar-refractivity contribution in [2.45, 2.75) is 13.5 Å². The van der Waals surface area contributed by atoms with Gasteiger partial charge in [-0.25, -0.2) is 9.37 Å². The van der Waals surface area contributed by atoms with Crippen LogP contribution in [-0.4, -0.2) is 56.5 Å². The highest BCUT2D eigenvalue weighted by Gasteiger charge is 2.23. The summed E-state index contributed by atoms with van der Waals surface area (Å²) >= 11 is 1.39. The Balaban J connectivity index is 1.27. The Labute approximate surface area is 193 Å². The number of rotatable bonds is 4. The van der Waals surface area contributed by atoms with Gasteiger partial charge < -0.3 is 4.90 Å². The van der Waals surface area contributed by atoms with Crippen molar-refractivity contribution >= 4 is 22.2 Å². The number of nitrogens with zero attached hydrogens (tertiary/aromatic N) is 5. The summed E-state index contributed by atoms with van der Waals surface area (Å²) in [6.07, 6.45) is 0. The highest BCUT2D eigenvalue weighted by atomic mass is 32.1. The molecular weight excluding hydrogens is 441 g/mol. The van der Waals surface area contributed by atoms with Crippen LogP contribution in [0.15, 0.2) is 59.4 Å². The number of amides is 1. The topological polar surface area (TPSA) is 70.8 Å². The minimum Gasteiger partial charge on any atom is -0.336 e. The van der Waals surface area contributed by atoms with Crippen LogP contribution in [0.25, 0.3) is 15.5 Å². The Morgan fingerprint density at radius 1 is 1.06 bits per heavy atom. The molecule has 2 aromatic carbocycles. The van der Waals surface area contributed by atoms with Crippen LogP contribution in [0.2, 0.25) is 0 Å². The molecule has 0 atom stereocenters. The molecule has 0 unspecified atom stereocenters. The van der Waals surface area contributed by atoms with Gasteiger partial charge in [-0.05, 0) is 25.1 Å². The van der Waals surface area contributed by atoms with E-state index in [4.69, 9.17) is 0 Å². The van der Waals surface area contributed by atoms with Crippen molar-refractivity contribution in [3.63, 3.8) is 0 Å². The smallest absolute Gasteiger partial charge is 0.275 e. The molecule has 3 heterocycles. The molecule has 1 saturated heterocycles. The lowest BCUT2D eigenvalue weighted by Gasteiger charge is -2.34. The second kappa shape index (κ2) is 8.84. The molecule has 1 aliphatic rings. The molecule has 0 radical (unpaired) electrons. The number of fused-ring (bicyclic) bond motifs is 1. The van der Waals surface area contributed by atoms with Crippen LogP contribution >= 0.6 is 11.3 Å². The molecule has 7 nitrogen and oxygen atoms in total. The summed E-state index contributed by atoms with van der Waals surface area (Å²) in [7, 11) is 0. The Hall–Kier alpha value is -3.43. The second-order valence-electron chi connectivity index (χ2n) is 8.13. The molecule has 4 aromatic rings. The largest absolute Gasteiger partial charge is 0.336 e. The third kappa shape index (κ3) is 4.55. The number of aryl methyl sites for hydroxylation is 1. The molecule has 0 saturated carbocycles. The van der Waals surface area contributed by atoms with E-state index in [-0.39, 0.29) is 11.5 Å². The zero-order valence-electron chi connectivity index (χ0n) is 18.1. The van der Waals surface area contributed by atoms with E-state index < -0.39 is 5.82 Å². The Morgan fingerprint density at radius 3 is 2.55 bits per heavy atom. The zero-order valence-corrected chi connectivity index (χ0v) is 18.9. The highest BCUT2D eigenvalue weighted by Crippen LogP contribution is 2.24. The minimum absolute atomic E-state index is 0.166. The van der Waals surface area contributed by atoms with Gasteiger partial charge in [-0.3, -0.25) is 14.5 Å². The number of halogens is 1. The van der Waals surface area contributed by atoms with Gasteiger partial charge in [0.05, 0.1) is 5.69 Å². The standard InChI is InChI=1S/C24H22FN5O2S/c1-16-5-7-17(8-6-16)22-27-30-21(31)14-20(26-24(30)33-22)15-28-9-11-29(12-10-28)23(32)18-3-2-4-19(25)13-18/h2-8,13-14H,9-12,15H2,1H3. The summed E-state index contributed by atoms with van der Waals surface area (Å²) in [5, 5.41) is 5.19. The van der Waals surface area contributed by atoms with Gasteiger partial charge in [0.2, 0.25) is 4.96 Å². The van der Waals surface area contributed by atoms with Crippen LogP contribution in [0, 0.1) is 12.7 Å². The molecule has 2 aromatic heterocycles. The number of benzene rings is 2. The average molecular weight is 464 g/mol. The van der Waals surface area contributed by atoms with Crippen molar-refractivity contribution in [2.75, 3.05) is 26.2 Å².